The monoisotopic (exact) mass is 438 g/mol. The van der Waals surface area contributed by atoms with Crippen LogP contribution in [0.3, 0.4) is 0 Å². The molecule has 3 amide bonds. The first-order valence-electron chi connectivity index (χ1n) is 10.4. The summed E-state index contributed by atoms with van der Waals surface area (Å²) < 4.78 is 10.1. The van der Waals surface area contributed by atoms with E-state index in [2.05, 4.69) is 5.32 Å². The van der Waals surface area contributed by atoms with Gasteiger partial charge in [-0.3, -0.25) is 19.3 Å². The largest absolute Gasteiger partial charge is 0.452 e. The average molecular weight is 438 g/mol. The van der Waals surface area contributed by atoms with Gasteiger partial charge in [-0.1, -0.05) is 32.0 Å². The molecule has 1 aliphatic rings. The Morgan fingerprint density at radius 1 is 1.03 bits per heavy atom. The van der Waals surface area contributed by atoms with Crippen molar-refractivity contribution < 1.29 is 28.7 Å². The van der Waals surface area contributed by atoms with E-state index in [1.54, 1.807) is 13.2 Å². The number of para-hydroxylation sites is 1. The number of benzene rings is 2. The number of carbonyl (C=O) groups excluding carboxylic acids is 4. The lowest BCUT2D eigenvalue weighted by molar-refractivity contribution is -0.119. The van der Waals surface area contributed by atoms with Crippen molar-refractivity contribution in [2.75, 3.05) is 32.2 Å². The van der Waals surface area contributed by atoms with Gasteiger partial charge < -0.3 is 14.8 Å². The smallest absolute Gasteiger partial charge is 0.338 e. The van der Waals surface area contributed by atoms with Crippen molar-refractivity contribution in [3.05, 3.63) is 64.7 Å². The number of fused-ring (bicyclic) bond motifs is 1. The van der Waals surface area contributed by atoms with Crippen LogP contribution < -0.4 is 5.32 Å². The van der Waals surface area contributed by atoms with Crippen LogP contribution in [-0.4, -0.2) is 55.5 Å². The highest BCUT2D eigenvalue weighted by Crippen LogP contribution is 2.25. The maximum absolute atomic E-state index is 12.6. The highest BCUT2D eigenvalue weighted by molar-refractivity contribution is 6.22. The van der Waals surface area contributed by atoms with Crippen LogP contribution >= 0.6 is 0 Å². The summed E-state index contributed by atoms with van der Waals surface area (Å²) in [5.41, 5.74) is 2.13. The van der Waals surface area contributed by atoms with Crippen molar-refractivity contribution in [3.63, 3.8) is 0 Å². The van der Waals surface area contributed by atoms with Gasteiger partial charge >= 0.3 is 5.97 Å². The molecule has 32 heavy (non-hydrogen) atoms. The van der Waals surface area contributed by atoms with Gasteiger partial charge in [-0.2, -0.15) is 0 Å². The summed E-state index contributed by atoms with van der Waals surface area (Å²) in [5.74, 6) is -1.86. The Hall–Kier alpha value is -3.52. The first-order chi connectivity index (χ1) is 15.3. The number of esters is 1. The molecule has 0 saturated heterocycles. The molecule has 168 valence electrons. The zero-order valence-electron chi connectivity index (χ0n) is 18.3. The van der Waals surface area contributed by atoms with Gasteiger partial charge in [-0.05, 0) is 42.2 Å². The summed E-state index contributed by atoms with van der Waals surface area (Å²) in [6.07, 6.45) is 0.520. The van der Waals surface area contributed by atoms with Crippen LogP contribution in [0.5, 0.6) is 0 Å². The maximum atomic E-state index is 12.6. The number of amides is 3. The zero-order chi connectivity index (χ0) is 23.3. The molecule has 0 atom stereocenters. The van der Waals surface area contributed by atoms with Gasteiger partial charge in [0.2, 0.25) is 0 Å². The van der Waals surface area contributed by atoms with Gasteiger partial charge in [0, 0.05) is 25.9 Å². The topological polar surface area (TPSA) is 102 Å². The number of anilines is 1. The van der Waals surface area contributed by atoms with Crippen LogP contribution in [-0.2, 0) is 14.3 Å². The number of methoxy groups -OCH3 is 1. The third-order valence-corrected chi connectivity index (χ3v) is 5.13. The van der Waals surface area contributed by atoms with Crippen LogP contribution in [0, 0.1) is 0 Å². The Morgan fingerprint density at radius 2 is 1.75 bits per heavy atom. The molecule has 1 heterocycles. The van der Waals surface area contributed by atoms with E-state index < -0.39 is 30.3 Å². The minimum atomic E-state index is -0.752. The van der Waals surface area contributed by atoms with E-state index in [0.717, 1.165) is 10.5 Å². The van der Waals surface area contributed by atoms with Crippen LogP contribution in [0.25, 0.3) is 0 Å². The SMILES string of the molecule is COCCCN1C(=O)c2ccc(C(=O)OCC(=O)Nc3ccccc3C(C)C)cc2C1=O. The van der Waals surface area contributed by atoms with E-state index in [1.165, 1.54) is 18.2 Å². The fraction of sp³-hybridized carbons (Fsp3) is 0.333. The molecule has 1 N–H and O–H groups in total. The molecule has 0 bridgehead atoms. The van der Waals surface area contributed by atoms with Crippen LogP contribution in [0.2, 0.25) is 0 Å². The highest BCUT2D eigenvalue weighted by atomic mass is 16.5. The van der Waals surface area contributed by atoms with Crippen molar-refractivity contribution in [3.8, 4) is 0 Å². The van der Waals surface area contributed by atoms with Gasteiger partial charge in [0.1, 0.15) is 0 Å². The highest BCUT2D eigenvalue weighted by Gasteiger charge is 2.35. The van der Waals surface area contributed by atoms with E-state index in [-0.39, 0.29) is 29.2 Å². The lowest BCUT2D eigenvalue weighted by atomic mass is 10.0. The summed E-state index contributed by atoms with van der Waals surface area (Å²) in [4.78, 5) is 50.9. The summed E-state index contributed by atoms with van der Waals surface area (Å²) >= 11 is 0. The molecule has 0 fully saturated rings. The first kappa shape index (κ1) is 23.1. The molecule has 3 rings (SSSR count). The van der Waals surface area contributed by atoms with Crippen molar-refractivity contribution >= 4 is 29.4 Å². The quantitative estimate of drug-likeness (QED) is 0.366. The van der Waals surface area contributed by atoms with Crippen molar-refractivity contribution in [2.45, 2.75) is 26.2 Å². The van der Waals surface area contributed by atoms with E-state index in [0.29, 0.717) is 18.7 Å². The van der Waals surface area contributed by atoms with Crippen LogP contribution in [0.4, 0.5) is 5.69 Å². The van der Waals surface area contributed by atoms with Crippen LogP contribution in [0.1, 0.15) is 62.8 Å². The maximum Gasteiger partial charge on any atom is 0.338 e. The molecule has 0 saturated carbocycles. The van der Waals surface area contributed by atoms with E-state index in [4.69, 9.17) is 9.47 Å². The summed E-state index contributed by atoms with van der Waals surface area (Å²) in [6, 6.07) is 11.6. The third kappa shape index (κ3) is 5.03. The molecular formula is C24H26N2O6. The zero-order valence-corrected chi connectivity index (χ0v) is 18.3. The first-order valence-corrected chi connectivity index (χ1v) is 10.4. The molecule has 0 radical (unpaired) electrons. The molecule has 2 aromatic carbocycles. The second-order valence-corrected chi connectivity index (χ2v) is 7.73. The Morgan fingerprint density at radius 3 is 2.47 bits per heavy atom. The van der Waals surface area contributed by atoms with E-state index in [9.17, 15) is 19.2 Å². The predicted molar refractivity (Wildman–Crippen MR) is 118 cm³/mol. The molecule has 0 aliphatic carbocycles. The molecular weight excluding hydrogens is 412 g/mol. The number of hydrogen-bond donors (Lipinski definition) is 1. The van der Waals surface area contributed by atoms with Gasteiger partial charge in [0.05, 0.1) is 16.7 Å². The fourth-order valence-electron chi connectivity index (χ4n) is 3.50. The Labute approximate surface area is 186 Å². The number of rotatable bonds is 9. The molecule has 8 heteroatoms. The second-order valence-electron chi connectivity index (χ2n) is 7.73. The molecule has 0 unspecified atom stereocenters. The van der Waals surface area contributed by atoms with Crippen LogP contribution in [0.15, 0.2) is 42.5 Å². The fourth-order valence-corrected chi connectivity index (χ4v) is 3.50. The number of nitrogens with zero attached hydrogens (tertiary/aromatic N) is 1. The average Bonchev–Trinajstić information content (AvgIpc) is 3.02. The molecule has 0 spiro atoms. The summed E-state index contributed by atoms with van der Waals surface area (Å²) in [6.45, 7) is 4.22. The van der Waals surface area contributed by atoms with E-state index in [1.807, 2.05) is 32.0 Å². The van der Waals surface area contributed by atoms with E-state index >= 15 is 0 Å². The third-order valence-electron chi connectivity index (χ3n) is 5.13. The van der Waals surface area contributed by atoms with Crippen molar-refractivity contribution in [1.82, 2.24) is 4.90 Å². The molecule has 1 aliphatic heterocycles. The second kappa shape index (κ2) is 10.2. The molecule has 0 aromatic heterocycles. The molecule has 2 aromatic rings. The minimum Gasteiger partial charge on any atom is -0.452 e. The van der Waals surface area contributed by atoms with Gasteiger partial charge in [0.25, 0.3) is 17.7 Å². The summed E-state index contributed by atoms with van der Waals surface area (Å²) in [5, 5.41) is 2.75. The number of ether oxygens (including phenoxy) is 2. The Bertz CT molecular complexity index is 1050. The standard InChI is InChI=1S/C24H26N2O6/c1-15(2)17-7-4-5-8-20(17)25-21(27)14-32-24(30)16-9-10-18-19(13-16)23(29)26(22(18)28)11-6-12-31-3/h4-5,7-10,13,15H,6,11-12,14H2,1-3H3,(H,25,27). The number of hydrogen-bond acceptors (Lipinski definition) is 6. The lowest BCUT2D eigenvalue weighted by Crippen LogP contribution is -2.31. The number of carbonyl (C=O) groups is 4. The number of nitrogens with one attached hydrogen (secondary N) is 1. The minimum absolute atomic E-state index is 0.0963. The Balaban J connectivity index is 1.62. The van der Waals surface area contributed by atoms with Crippen molar-refractivity contribution in [1.29, 1.82) is 0 Å². The Kier molecular flexibility index (Phi) is 7.37. The van der Waals surface area contributed by atoms with Crippen molar-refractivity contribution in [2.24, 2.45) is 0 Å². The lowest BCUT2D eigenvalue weighted by Gasteiger charge is -2.13. The van der Waals surface area contributed by atoms with Gasteiger partial charge in [0.15, 0.2) is 6.61 Å². The van der Waals surface area contributed by atoms with Gasteiger partial charge in [-0.25, -0.2) is 4.79 Å². The summed E-state index contributed by atoms with van der Waals surface area (Å²) in [7, 11) is 1.55. The molecule has 8 nitrogen and oxygen atoms in total. The van der Waals surface area contributed by atoms with Gasteiger partial charge in [-0.15, -0.1) is 0 Å². The number of imide groups is 1. The predicted octanol–water partition coefficient (Wildman–Crippen LogP) is 3.24. The normalized spacial score (nSPS) is 12.8.